The van der Waals surface area contributed by atoms with Crippen molar-refractivity contribution in [2.75, 3.05) is 5.32 Å². The Bertz CT molecular complexity index is 688. The minimum absolute atomic E-state index is 0.00696. The summed E-state index contributed by atoms with van der Waals surface area (Å²) < 4.78 is 0. The van der Waals surface area contributed by atoms with Gasteiger partial charge in [-0.25, -0.2) is 0 Å². The SMILES string of the molecule is O=[N+]([O-])c1ccc(CNc2cccc(Cl)c2[N+](=O)[O-])cc1. The van der Waals surface area contributed by atoms with Gasteiger partial charge in [0.15, 0.2) is 0 Å². The lowest BCUT2D eigenvalue weighted by Gasteiger charge is -2.08. The Morgan fingerprint density at radius 3 is 2.24 bits per heavy atom. The normalized spacial score (nSPS) is 10.1. The molecule has 0 amide bonds. The highest BCUT2D eigenvalue weighted by molar-refractivity contribution is 6.33. The molecule has 0 radical (unpaired) electrons. The van der Waals surface area contributed by atoms with Gasteiger partial charge < -0.3 is 5.32 Å². The van der Waals surface area contributed by atoms with E-state index in [4.69, 9.17) is 11.6 Å². The summed E-state index contributed by atoms with van der Waals surface area (Å²) in [6.07, 6.45) is 0. The van der Waals surface area contributed by atoms with E-state index in [-0.39, 0.29) is 16.4 Å². The number of nitrogens with one attached hydrogen (secondary N) is 1. The summed E-state index contributed by atoms with van der Waals surface area (Å²) in [6.45, 7) is 0.291. The fraction of sp³-hybridized carbons (Fsp3) is 0.0769. The largest absolute Gasteiger partial charge is 0.375 e. The summed E-state index contributed by atoms with van der Waals surface area (Å²) in [6, 6.07) is 10.5. The molecule has 0 aromatic heterocycles. The highest BCUT2D eigenvalue weighted by atomic mass is 35.5. The van der Waals surface area contributed by atoms with Crippen LogP contribution >= 0.6 is 11.6 Å². The molecule has 1 N–H and O–H groups in total. The molecule has 0 saturated carbocycles. The molecule has 2 rings (SSSR count). The summed E-state index contributed by atoms with van der Waals surface area (Å²) in [7, 11) is 0. The maximum Gasteiger partial charge on any atom is 0.310 e. The molecule has 21 heavy (non-hydrogen) atoms. The monoisotopic (exact) mass is 307 g/mol. The van der Waals surface area contributed by atoms with Crippen molar-refractivity contribution in [1.82, 2.24) is 0 Å². The predicted molar refractivity (Wildman–Crippen MR) is 78.5 cm³/mol. The Hall–Kier alpha value is -2.67. The van der Waals surface area contributed by atoms with Gasteiger partial charge in [0, 0.05) is 18.7 Å². The van der Waals surface area contributed by atoms with Crippen LogP contribution in [0, 0.1) is 20.2 Å². The summed E-state index contributed by atoms with van der Waals surface area (Å²) >= 11 is 5.81. The van der Waals surface area contributed by atoms with Crippen LogP contribution in [0.2, 0.25) is 5.02 Å². The molecule has 0 fully saturated rings. The maximum atomic E-state index is 11.0. The number of nitro groups is 2. The zero-order valence-electron chi connectivity index (χ0n) is 10.7. The molecule has 0 atom stereocenters. The first-order chi connectivity index (χ1) is 9.99. The number of para-hydroxylation sites is 1. The van der Waals surface area contributed by atoms with Crippen LogP contribution in [0.25, 0.3) is 0 Å². The second-order valence-corrected chi connectivity index (χ2v) is 4.58. The highest BCUT2D eigenvalue weighted by Gasteiger charge is 2.17. The van der Waals surface area contributed by atoms with Crippen LogP contribution in [0.5, 0.6) is 0 Å². The first-order valence-electron chi connectivity index (χ1n) is 5.89. The van der Waals surface area contributed by atoms with E-state index in [1.54, 1.807) is 24.3 Å². The summed E-state index contributed by atoms with van der Waals surface area (Å²) in [5.74, 6) is 0. The van der Waals surface area contributed by atoms with Gasteiger partial charge in [0.1, 0.15) is 10.7 Å². The zero-order valence-corrected chi connectivity index (χ0v) is 11.4. The molecule has 7 nitrogen and oxygen atoms in total. The van der Waals surface area contributed by atoms with E-state index in [1.807, 2.05) is 0 Å². The average molecular weight is 308 g/mol. The number of hydrogen-bond donors (Lipinski definition) is 1. The third kappa shape index (κ3) is 3.46. The number of benzene rings is 2. The second kappa shape index (κ2) is 6.19. The van der Waals surface area contributed by atoms with Gasteiger partial charge in [0.2, 0.25) is 0 Å². The predicted octanol–water partition coefficient (Wildman–Crippen LogP) is 3.77. The van der Waals surface area contributed by atoms with Gasteiger partial charge >= 0.3 is 5.69 Å². The van der Waals surface area contributed by atoms with Gasteiger partial charge in [0.05, 0.1) is 9.85 Å². The van der Waals surface area contributed by atoms with Crippen LogP contribution in [0.15, 0.2) is 42.5 Å². The quantitative estimate of drug-likeness (QED) is 0.669. The topological polar surface area (TPSA) is 98.3 Å². The molecular formula is C13H10ClN3O4. The molecule has 108 valence electrons. The van der Waals surface area contributed by atoms with Crippen molar-refractivity contribution < 1.29 is 9.85 Å². The van der Waals surface area contributed by atoms with Gasteiger partial charge in [-0.3, -0.25) is 20.2 Å². The standard InChI is InChI=1S/C13H10ClN3O4/c14-11-2-1-3-12(13(11)17(20)21)15-8-9-4-6-10(7-5-9)16(18)19/h1-7,15H,8H2. The molecule has 0 saturated heterocycles. The Balaban J connectivity index is 2.15. The number of halogens is 1. The lowest BCUT2D eigenvalue weighted by molar-refractivity contribution is -0.384. The van der Waals surface area contributed by atoms with Gasteiger partial charge in [-0.15, -0.1) is 0 Å². The molecule has 0 heterocycles. The van der Waals surface area contributed by atoms with Crippen molar-refractivity contribution in [2.24, 2.45) is 0 Å². The van der Waals surface area contributed by atoms with E-state index in [0.29, 0.717) is 12.2 Å². The highest BCUT2D eigenvalue weighted by Crippen LogP contribution is 2.32. The van der Waals surface area contributed by atoms with Crippen LogP contribution in [0.1, 0.15) is 5.56 Å². The van der Waals surface area contributed by atoms with Gasteiger partial charge in [0.25, 0.3) is 5.69 Å². The molecule has 0 aliphatic rings. The van der Waals surface area contributed by atoms with Crippen molar-refractivity contribution in [1.29, 1.82) is 0 Å². The van der Waals surface area contributed by atoms with Crippen LogP contribution in [0.4, 0.5) is 17.1 Å². The molecule has 0 bridgehead atoms. The lowest BCUT2D eigenvalue weighted by Crippen LogP contribution is -2.03. The second-order valence-electron chi connectivity index (χ2n) is 4.17. The number of non-ortho nitro benzene ring substituents is 1. The number of nitro benzene ring substituents is 2. The number of hydrogen-bond acceptors (Lipinski definition) is 5. The average Bonchev–Trinajstić information content (AvgIpc) is 2.45. The zero-order chi connectivity index (χ0) is 15.4. The third-order valence-corrected chi connectivity index (χ3v) is 3.10. The maximum absolute atomic E-state index is 11.0. The number of rotatable bonds is 5. The first-order valence-corrected chi connectivity index (χ1v) is 6.27. The number of anilines is 1. The van der Waals surface area contributed by atoms with Crippen molar-refractivity contribution >= 4 is 28.7 Å². The van der Waals surface area contributed by atoms with E-state index >= 15 is 0 Å². The van der Waals surface area contributed by atoms with E-state index in [9.17, 15) is 20.2 Å². The molecule has 2 aromatic rings. The van der Waals surface area contributed by atoms with Crippen LogP contribution < -0.4 is 5.32 Å². The van der Waals surface area contributed by atoms with E-state index in [1.165, 1.54) is 18.2 Å². The molecule has 0 unspecified atom stereocenters. The van der Waals surface area contributed by atoms with Crippen LogP contribution in [-0.2, 0) is 6.54 Å². The van der Waals surface area contributed by atoms with Gasteiger partial charge in [-0.05, 0) is 17.7 Å². The van der Waals surface area contributed by atoms with E-state index < -0.39 is 9.85 Å². The Kier molecular flexibility index (Phi) is 4.34. The fourth-order valence-electron chi connectivity index (χ4n) is 1.78. The van der Waals surface area contributed by atoms with Crippen LogP contribution in [-0.4, -0.2) is 9.85 Å². The third-order valence-electron chi connectivity index (χ3n) is 2.80. The summed E-state index contributed by atoms with van der Waals surface area (Å²) in [5, 5.41) is 24.5. The Labute approximate surface area is 124 Å². The van der Waals surface area contributed by atoms with Gasteiger partial charge in [-0.2, -0.15) is 0 Å². The smallest absolute Gasteiger partial charge is 0.310 e. The minimum atomic E-state index is -0.555. The fourth-order valence-corrected chi connectivity index (χ4v) is 2.02. The Morgan fingerprint density at radius 1 is 1.00 bits per heavy atom. The van der Waals surface area contributed by atoms with Crippen molar-refractivity contribution in [3.8, 4) is 0 Å². The van der Waals surface area contributed by atoms with E-state index in [2.05, 4.69) is 5.32 Å². The van der Waals surface area contributed by atoms with Crippen molar-refractivity contribution in [2.45, 2.75) is 6.54 Å². The van der Waals surface area contributed by atoms with Crippen LogP contribution in [0.3, 0.4) is 0 Å². The summed E-state index contributed by atoms with van der Waals surface area (Å²) in [4.78, 5) is 20.5. The molecular weight excluding hydrogens is 298 g/mol. The van der Waals surface area contributed by atoms with Gasteiger partial charge in [-0.1, -0.05) is 29.8 Å². The Morgan fingerprint density at radius 2 is 1.67 bits per heavy atom. The molecule has 2 aromatic carbocycles. The minimum Gasteiger partial charge on any atom is -0.375 e. The molecule has 0 aliphatic heterocycles. The van der Waals surface area contributed by atoms with E-state index in [0.717, 1.165) is 5.56 Å². The van der Waals surface area contributed by atoms with Crippen molar-refractivity contribution in [3.05, 3.63) is 73.3 Å². The molecule has 0 aliphatic carbocycles. The summed E-state index contributed by atoms with van der Waals surface area (Å²) in [5.41, 5.74) is 0.856. The molecule has 8 heteroatoms. The molecule has 0 spiro atoms. The lowest BCUT2D eigenvalue weighted by atomic mass is 10.2. The van der Waals surface area contributed by atoms with Crippen molar-refractivity contribution in [3.63, 3.8) is 0 Å². The first kappa shape index (κ1) is 14.7. The number of nitrogens with zero attached hydrogens (tertiary/aromatic N) is 2.